The molecule has 0 amide bonds. The van der Waals surface area contributed by atoms with Crippen LogP contribution in [-0.2, 0) is 28.9 Å². The molecule has 2 rings (SSSR count). The zero-order chi connectivity index (χ0) is 20.6. The van der Waals surface area contributed by atoms with Crippen molar-refractivity contribution in [1.82, 2.24) is 14.9 Å². The Kier molecular flexibility index (Phi) is 10.5. The molecule has 2 N–H and O–H groups in total. The first-order valence-corrected chi connectivity index (χ1v) is 10.7. The van der Waals surface area contributed by atoms with Gasteiger partial charge in [0.2, 0.25) is 10.0 Å². The maximum Gasteiger partial charge on any atom is 0.215 e. The van der Waals surface area contributed by atoms with E-state index in [0.717, 1.165) is 29.2 Å². The van der Waals surface area contributed by atoms with Crippen LogP contribution >= 0.6 is 24.0 Å². The molecule has 0 saturated heterocycles. The molecular formula is C20H28FIN4O2S. The SMILES string of the molecule is CCNC(=NCc1ccc(CS(=O)(=O)NC)cc1)N(C)Cc1ccc(F)cc1.I. The summed E-state index contributed by atoms with van der Waals surface area (Å²) in [5, 5.41) is 3.25. The molecule has 0 aliphatic rings. The van der Waals surface area contributed by atoms with Crippen molar-refractivity contribution >= 4 is 40.0 Å². The highest BCUT2D eigenvalue weighted by atomic mass is 127. The van der Waals surface area contributed by atoms with Crippen LogP contribution in [0.4, 0.5) is 4.39 Å². The fourth-order valence-electron chi connectivity index (χ4n) is 2.61. The van der Waals surface area contributed by atoms with Crippen molar-refractivity contribution in [2.24, 2.45) is 4.99 Å². The summed E-state index contributed by atoms with van der Waals surface area (Å²) in [5.74, 6) is 0.447. The molecule has 2 aromatic carbocycles. The number of nitrogens with zero attached hydrogens (tertiary/aromatic N) is 2. The summed E-state index contributed by atoms with van der Waals surface area (Å²) in [5.41, 5.74) is 2.70. The number of rotatable bonds is 8. The molecule has 0 aromatic heterocycles. The van der Waals surface area contributed by atoms with Crippen LogP contribution in [-0.4, -0.2) is 39.9 Å². The molecule has 0 bridgehead atoms. The van der Waals surface area contributed by atoms with E-state index in [-0.39, 0.29) is 35.5 Å². The lowest BCUT2D eigenvalue weighted by Crippen LogP contribution is -2.38. The summed E-state index contributed by atoms with van der Waals surface area (Å²) in [7, 11) is 0.0531. The summed E-state index contributed by atoms with van der Waals surface area (Å²) in [6.45, 7) is 3.80. The monoisotopic (exact) mass is 534 g/mol. The van der Waals surface area contributed by atoms with Gasteiger partial charge >= 0.3 is 0 Å². The Bertz CT molecular complexity index is 888. The molecule has 0 saturated carbocycles. The number of benzene rings is 2. The van der Waals surface area contributed by atoms with Gasteiger partial charge in [-0.1, -0.05) is 36.4 Å². The van der Waals surface area contributed by atoms with E-state index in [1.807, 2.05) is 31.0 Å². The third-order valence-electron chi connectivity index (χ3n) is 4.13. The molecule has 0 radical (unpaired) electrons. The van der Waals surface area contributed by atoms with E-state index in [2.05, 4.69) is 15.0 Å². The van der Waals surface area contributed by atoms with Crippen LogP contribution in [0.5, 0.6) is 0 Å². The van der Waals surface area contributed by atoms with Crippen LogP contribution in [0, 0.1) is 5.82 Å². The predicted molar refractivity (Wildman–Crippen MR) is 126 cm³/mol. The van der Waals surface area contributed by atoms with Gasteiger partial charge in [0.05, 0.1) is 12.3 Å². The molecule has 0 atom stereocenters. The fourth-order valence-corrected chi connectivity index (χ4v) is 3.38. The Hall–Kier alpha value is -1.72. The summed E-state index contributed by atoms with van der Waals surface area (Å²) in [4.78, 5) is 6.62. The Balaban J connectivity index is 0.00000420. The average molecular weight is 534 g/mol. The number of hydrogen-bond acceptors (Lipinski definition) is 3. The molecule has 0 spiro atoms. The van der Waals surface area contributed by atoms with Crippen molar-refractivity contribution in [2.45, 2.75) is 25.8 Å². The minimum absolute atomic E-state index is 0. The third kappa shape index (κ3) is 8.67. The highest BCUT2D eigenvalue weighted by Gasteiger charge is 2.09. The average Bonchev–Trinajstić information content (AvgIpc) is 2.68. The Morgan fingerprint density at radius 2 is 1.59 bits per heavy atom. The van der Waals surface area contributed by atoms with Crippen molar-refractivity contribution < 1.29 is 12.8 Å². The molecular weight excluding hydrogens is 506 g/mol. The molecule has 0 fully saturated rings. The molecule has 9 heteroatoms. The van der Waals surface area contributed by atoms with Crippen molar-refractivity contribution in [1.29, 1.82) is 0 Å². The second-order valence-electron chi connectivity index (χ2n) is 6.43. The number of aliphatic imine (C=N–C) groups is 1. The van der Waals surface area contributed by atoms with E-state index in [1.165, 1.54) is 19.2 Å². The van der Waals surface area contributed by atoms with Gasteiger partial charge in [-0.2, -0.15) is 0 Å². The third-order valence-corrected chi connectivity index (χ3v) is 5.47. The lowest BCUT2D eigenvalue weighted by molar-refractivity contribution is 0.476. The number of hydrogen-bond donors (Lipinski definition) is 2. The van der Waals surface area contributed by atoms with E-state index in [0.29, 0.717) is 13.1 Å². The van der Waals surface area contributed by atoms with E-state index < -0.39 is 10.0 Å². The van der Waals surface area contributed by atoms with Crippen molar-refractivity contribution in [2.75, 3.05) is 20.6 Å². The molecule has 0 unspecified atom stereocenters. The van der Waals surface area contributed by atoms with E-state index in [4.69, 9.17) is 0 Å². The van der Waals surface area contributed by atoms with Crippen LogP contribution in [0.2, 0.25) is 0 Å². The van der Waals surface area contributed by atoms with Gasteiger partial charge in [-0.25, -0.2) is 22.5 Å². The van der Waals surface area contributed by atoms with Crippen LogP contribution in [0.1, 0.15) is 23.6 Å². The summed E-state index contributed by atoms with van der Waals surface area (Å²) < 4.78 is 38.6. The van der Waals surface area contributed by atoms with Gasteiger partial charge < -0.3 is 10.2 Å². The minimum atomic E-state index is -3.28. The molecule has 160 valence electrons. The summed E-state index contributed by atoms with van der Waals surface area (Å²) in [6.07, 6.45) is 0. The highest BCUT2D eigenvalue weighted by Crippen LogP contribution is 2.10. The zero-order valence-electron chi connectivity index (χ0n) is 16.9. The first-order chi connectivity index (χ1) is 13.3. The van der Waals surface area contributed by atoms with E-state index >= 15 is 0 Å². The van der Waals surface area contributed by atoms with Gasteiger partial charge in [0, 0.05) is 20.1 Å². The second-order valence-corrected chi connectivity index (χ2v) is 8.36. The van der Waals surface area contributed by atoms with Crippen molar-refractivity contribution in [3.63, 3.8) is 0 Å². The van der Waals surface area contributed by atoms with E-state index in [1.54, 1.807) is 24.3 Å². The number of guanidine groups is 1. The molecule has 0 heterocycles. The van der Waals surface area contributed by atoms with Crippen molar-refractivity contribution in [3.05, 3.63) is 71.0 Å². The molecule has 2 aromatic rings. The van der Waals surface area contributed by atoms with Crippen molar-refractivity contribution in [3.8, 4) is 0 Å². The van der Waals surface area contributed by atoms with Crippen LogP contribution in [0.25, 0.3) is 0 Å². The van der Waals surface area contributed by atoms with Gasteiger partial charge in [0.25, 0.3) is 0 Å². The van der Waals surface area contributed by atoms with Gasteiger partial charge in [-0.3, -0.25) is 0 Å². The van der Waals surface area contributed by atoms with Gasteiger partial charge in [0.1, 0.15) is 5.82 Å². The lowest BCUT2D eigenvalue weighted by atomic mass is 10.1. The Morgan fingerprint density at radius 1 is 1.03 bits per heavy atom. The molecule has 0 aliphatic heterocycles. The summed E-state index contributed by atoms with van der Waals surface area (Å²) in [6, 6.07) is 13.8. The van der Waals surface area contributed by atoms with Gasteiger partial charge in [0.15, 0.2) is 5.96 Å². The van der Waals surface area contributed by atoms with Gasteiger partial charge in [-0.05, 0) is 42.8 Å². The second kappa shape index (κ2) is 12.1. The Labute approximate surface area is 189 Å². The van der Waals surface area contributed by atoms with Gasteiger partial charge in [-0.15, -0.1) is 24.0 Å². The summed E-state index contributed by atoms with van der Waals surface area (Å²) >= 11 is 0. The smallest absolute Gasteiger partial charge is 0.215 e. The lowest BCUT2D eigenvalue weighted by Gasteiger charge is -2.22. The fraction of sp³-hybridized carbons (Fsp3) is 0.350. The normalized spacial score (nSPS) is 11.7. The number of nitrogens with one attached hydrogen (secondary N) is 2. The Morgan fingerprint density at radius 3 is 2.14 bits per heavy atom. The first kappa shape index (κ1) is 25.3. The molecule has 0 aliphatic carbocycles. The minimum Gasteiger partial charge on any atom is -0.357 e. The maximum atomic E-state index is 13.1. The predicted octanol–water partition coefficient (Wildman–Crippen LogP) is 3.09. The van der Waals surface area contributed by atoms with Crippen LogP contribution < -0.4 is 10.0 Å². The van der Waals surface area contributed by atoms with Crippen LogP contribution in [0.3, 0.4) is 0 Å². The molecule has 6 nitrogen and oxygen atoms in total. The first-order valence-electron chi connectivity index (χ1n) is 9.06. The molecule has 29 heavy (non-hydrogen) atoms. The quantitative estimate of drug-likeness (QED) is 0.310. The van der Waals surface area contributed by atoms with E-state index in [9.17, 15) is 12.8 Å². The number of sulfonamides is 1. The highest BCUT2D eigenvalue weighted by molar-refractivity contribution is 14.0. The largest absolute Gasteiger partial charge is 0.357 e. The standard InChI is InChI=1S/C20H27FN4O2S.HI/c1-4-23-20(25(3)14-17-9-11-19(21)12-10-17)24-13-16-5-7-18(8-6-16)15-28(26,27)22-2;/h5-12,22H,4,13-15H2,1-3H3,(H,23,24);1H. The number of halogens is 2. The maximum absolute atomic E-state index is 13.1. The zero-order valence-corrected chi connectivity index (χ0v) is 20.0. The topological polar surface area (TPSA) is 73.8 Å². The van der Waals surface area contributed by atoms with Crippen LogP contribution in [0.15, 0.2) is 53.5 Å².